The zero-order valence-corrected chi connectivity index (χ0v) is 36.7. The minimum absolute atomic E-state index is 0.00208. The highest BCUT2D eigenvalue weighted by atomic mass is 32.1. The van der Waals surface area contributed by atoms with Crippen LogP contribution in [0.15, 0.2) is 175 Å². The first kappa shape index (κ1) is 36.6. The predicted molar refractivity (Wildman–Crippen MR) is 270 cm³/mol. The molecule has 0 radical (unpaired) electrons. The maximum absolute atomic E-state index is 4.14. The normalized spacial score (nSPS) is 19.8. The van der Waals surface area contributed by atoms with Crippen LogP contribution in [0.4, 0.5) is 5.69 Å². The topological polar surface area (TPSA) is 33.9 Å². The van der Waals surface area contributed by atoms with Crippen LogP contribution in [0.25, 0.3) is 70.1 Å². The van der Waals surface area contributed by atoms with Crippen LogP contribution in [-0.2, 0) is 11.8 Å². The molecule has 3 unspecified atom stereocenters. The highest BCUT2D eigenvalue weighted by Crippen LogP contribution is 2.53. The Balaban J connectivity index is 0.863. The summed E-state index contributed by atoms with van der Waals surface area (Å²) in [6, 6.07) is 59.0. The van der Waals surface area contributed by atoms with Crippen molar-refractivity contribution in [2.24, 2.45) is 0 Å². The minimum Gasteiger partial charge on any atom is -0.352 e. The largest absolute Gasteiger partial charge is 0.352 e. The molecule has 0 bridgehead atoms. The molecular weight excluding hydrogens is 797 g/mol. The van der Waals surface area contributed by atoms with Gasteiger partial charge in [-0.05, 0) is 106 Å². The third-order valence-corrected chi connectivity index (χ3v) is 16.3. The van der Waals surface area contributed by atoms with Crippen LogP contribution in [0.3, 0.4) is 0 Å². The first-order valence-corrected chi connectivity index (χ1v) is 23.7. The van der Waals surface area contributed by atoms with Crippen molar-refractivity contribution in [2.75, 3.05) is 5.32 Å². The second kappa shape index (κ2) is 13.5. The van der Waals surface area contributed by atoms with E-state index in [1.165, 1.54) is 109 Å². The lowest BCUT2D eigenvalue weighted by molar-refractivity contribution is 0.418. The second-order valence-electron chi connectivity index (χ2n) is 18.8. The number of thiophene rings is 1. The number of anilines is 1. The van der Waals surface area contributed by atoms with Crippen LogP contribution in [0.1, 0.15) is 84.1 Å². The van der Waals surface area contributed by atoms with E-state index in [0.717, 1.165) is 24.9 Å². The van der Waals surface area contributed by atoms with Crippen LogP contribution >= 0.6 is 11.3 Å². The summed E-state index contributed by atoms with van der Waals surface area (Å²) in [4.78, 5) is 0. The van der Waals surface area contributed by atoms with Gasteiger partial charge in [-0.25, -0.2) is 0 Å². The van der Waals surface area contributed by atoms with E-state index in [4.69, 9.17) is 0 Å². The van der Waals surface area contributed by atoms with Crippen LogP contribution in [0.2, 0.25) is 0 Å². The van der Waals surface area contributed by atoms with Crippen LogP contribution in [-0.4, -0.2) is 9.13 Å². The predicted octanol–water partition coefficient (Wildman–Crippen LogP) is 15.1. The van der Waals surface area contributed by atoms with Gasteiger partial charge in [-0.1, -0.05) is 147 Å². The van der Waals surface area contributed by atoms with Crippen molar-refractivity contribution in [2.45, 2.75) is 56.9 Å². The van der Waals surface area contributed by atoms with Crippen LogP contribution in [0.5, 0.6) is 0 Å². The Morgan fingerprint density at radius 1 is 0.625 bits per heavy atom. The van der Waals surface area contributed by atoms with Crippen molar-refractivity contribution in [3.05, 3.63) is 215 Å². The minimum atomic E-state index is -0.176. The summed E-state index contributed by atoms with van der Waals surface area (Å²) in [5.74, 6) is 0. The molecule has 308 valence electrons. The van der Waals surface area contributed by atoms with Crippen molar-refractivity contribution >= 4 is 87.1 Å². The van der Waals surface area contributed by atoms with E-state index < -0.39 is 0 Å². The molecule has 3 aromatic heterocycles. The monoisotopic (exact) mass is 842 g/mol. The molecule has 0 amide bonds. The lowest BCUT2D eigenvalue weighted by Gasteiger charge is -2.36. The average molecular weight is 843 g/mol. The summed E-state index contributed by atoms with van der Waals surface area (Å²) in [6.45, 7) is 4.80. The number of aromatic nitrogens is 2. The first-order chi connectivity index (χ1) is 31.5. The summed E-state index contributed by atoms with van der Waals surface area (Å²) in [5, 5.41) is 14.7. The number of hydrogen-bond donors (Lipinski definition) is 2. The molecule has 0 spiro atoms. The Labute approximate surface area is 376 Å². The molecule has 0 fully saturated rings. The molecule has 14 rings (SSSR count). The zero-order chi connectivity index (χ0) is 42.3. The van der Waals surface area contributed by atoms with Crippen LogP contribution < -0.4 is 10.6 Å². The summed E-state index contributed by atoms with van der Waals surface area (Å²) < 4.78 is 7.85. The van der Waals surface area contributed by atoms with E-state index in [1.54, 1.807) is 0 Å². The van der Waals surface area contributed by atoms with Gasteiger partial charge in [0.25, 0.3) is 0 Å². The SMILES string of the molecule is CC1(C)C2=CC(n3c4c(c5ccccc53)C=C(c3ccc5c(c3)c3ccccc3n5C3Nc5ccccc5C(c5cccc6c5sc5ccccc56)N3)CC4)CC=C2c2ccccc21. The Kier molecular flexibility index (Phi) is 7.74. The van der Waals surface area contributed by atoms with Gasteiger partial charge < -0.3 is 14.5 Å². The molecule has 7 aromatic carbocycles. The van der Waals surface area contributed by atoms with Gasteiger partial charge in [-0.3, -0.25) is 5.32 Å². The highest BCUT2D eigenvalue weighted by molar-refractivity contribution is 7.26. The number of para-hydroxylation sites is 3. The molecule has 4 heterocycles. The number of hydrogen-bond acceptors (Lipinski definition) is 3. The van der Waals surface area contributed by atoms with Gasteiger partial charge in [0.05, 0.1) is 23.1 Å². The number of benzene rings is 7. The molecule has 3 atom stereocenters. The smallest absolute Gasteiger partial charge is 0.160 e. The molecule has 0 saturated carbocycles. The number of allylic oxidation sites excluding steroid dienone is 5. The molecule has 3 aliphatic carbocycles. The fourth-order valence-corrected chi connectivity index (χ4v) is 13.4. The standard InChI is InChI=1S/C59H46N4S/c1-59(2)48-21-8-3-14-38(48)39-29-28-37(34-49(39)59)62-51-23-10-5-15-40(51)46-32-35(26-30-53(46)62)36-27-31-54-47(33-36)41-16-6-11-24-52(41)63(54)58-60-50-22-9-4-18-44(50)56(61-58)45-20-13-19-43-42-17-7-12-25-55(42)64-57(43)45/h3-25,27,29,31-34,37,56,58,60-61H,26,28,30H2,1-2H3. The van der Waals surface area contributed by atoms with Gasteiger partial charge in [0.15, 0.2) is 6.29 Å². The summed E-state index contributed by atoms with van der Waals surface area (Å²) >= 11 is 1.90. The van der Waals surface area contributed by atoms with Gasteiger partial charge in [-0.2, -0.15) is 0 Å². The molecule has 4 aliphatic rings. The zero-order valence-electron chi connectivity index (χ0n) is 35.9. The molecule has 2 N–H and O–H groups in total. The van der Waals surface area contributed by atoms with Crippen molar-refractivity contribution < 1.29 is 0 Å². The highest BCUT2D eigenvalue weighted by Gasteiger charge is 2.40. The lowest BCUT2D eigenvalue weighted by Crippen LogP contribution is -2.40. The van der Waals surface area contributed by atoms with Gasteiger partial charge >= 0.3 is 0 Å². The lowest BCUT2D eigenvalue weighted by atomic mass is 9.79. The number of fused-ring (bicyclic) bond motifs is 13. The molecule has 64 heavy (non-hydrogen) atoms. The van der Waals surface area contributed by atoms with Crippen LogP contribution in [0, 0.1) is 0 Å². The third-order valence-electron chi connectivity index (χ3n) is 15.1. The third kappa shape index (κ3) is 5.14. The maximum atomic E-state index is 4.14. The second-order valence-corrected chi connectivity index (χ2v) is 19.8. The Hall–Kier alpha value is -6.92. The molecule has 1 aliphatic heterocycles. The average Bonchev–Trinajstić information content (AvgIpc) is 4.06. The van der Waals surface area contributed by atoms with E-state index in [0.29, 0.717) is 0 Å². The quantitative estimate of drug-likeness (QED) is 0.185. The van der Waals surface area contributed by atoms with E-state index in [1.807, 2.05) is 11.3 Å². The molecule has 5 heteroatoms. The van der Waals surface area contributed by atoms with E-state index >= 15 is 0 Å². The number of nitrogens with one attached hydrogen (secondary N) is 2. The van der Waals surface area contributed by atoms with Crippen molar-refractivity contribution in [1.29, 1.82) is 0 Å². The van der Waals surface area contributed by atoms with Gasteiger partial charge in [0.2, 0.25) is 0 Å². The number of nitrogens with zero attached hydrogens (tertiary/aromatic N) is 2. The molecule has 0 saturated heterocycles. The maximum Gasteiger partial charge on any atom is 0.160 e. The molecule has 10 aromatic rings. The summed E-state index contributed by atoms with van der Waals surface area (Å²) in [6.07, 6.45) is 10.5. The van der Waals surface area contributed by atoms with Crippen molar-refractivity contribution in [3.63, 3.8) is 0 Å². The van der Waals surface area contributed by atoms with E-state index in [2.05, 4.69) is 210 Å². The van der Waals surface area contributed by atoms with E-state index in [9.17, 15) is 0 Å². The molecule has 4 nitrogen and oxygen atoms in total. The van der Waals surface area contributed by atoms with Gasteiger partial charge in [-0.15, -0.1) is 11.3 Å². The first-order valence-electron chi connectivity index (χ1n) is 22.9. The molecular formula is C59H46N4S. The fraction of sp³-hybridized carbons (Fsp3) is 0.153. The summed E-state index contributed by atoms with van der Waals surface area (Å²) in [5.41, 5.74) is 18.8. The fourth-order valence-electron chi connectivity index (χ4n) is 12.1. The van der Waals surface area contributed by atoms with Crippen molar-refractivity contribution in [3.8, 4) is 0 Å². The summed E-state index contributed by atoms with van der Waals surface area (Å²) in [7, 11) is 0. The van der Waals surface area contributed by atoms with Gasteiger partial charge in [0, 0.05) is 64.2 Å². The Morgan fingerprint density at radius 3 is 2.25 bits per heavy atom. The Bertz CT molecular complexity index is 3720. The Morgan fingerprint density at radius 2 is 1.34 bits per heavy atom. The number of rotatable bonds is 4. The van der Waals surface area contributed by atoms with E-state index in [-0.39, 0.29) is 23.8 Å². The van der Waals surface area contributed by atoms with Gasteiger partial charge in [0.1, 0.15) is 0 Å². The van der Waals surface area contributed by atoms with Crippen molar-refractivity contribution in [1.82, 2.24) is 14.5 Å².